The predicted octanol–water partition coefficient (Wildman–Crippen LogP) is 2.96. The summed E-state index contributed by atoms with van der Waals surface area (Å²) >= 11 is 0. The van der Waals surface area contributed by atoms with Crippen molar-refractivity contribution in [3.63, 3.8) is 0 Å². The van der Waals surface area contributed by atoms with Crippen LogP contribution in [0.4, 0.5) is 0 Å². The molecule has 0 bridgehead atoms. The highest BCUT2D eigenvalue weighted by molar-refractivity contribution is 5.43. The highest BCUT2D eigenvalue weighted by Gasteiger charge is 2.08. The van der Waals surface area contributed by atoms with Crippen molar-refractivity contribution in [2.75, 3.05) is 13.4 Å². The van der Waals surface area contributed by atoms with Crippen LogP contribution in [-0.2, 0) is 11.2 Å². The average molecular weight is 251 g/mol. The quantitative estimate of drug-likeness (QED) is 0.598. The molecule has 0 fully saturated rings. The number of ether oxygens (including phenoxy) is 2. The molecule has 18 heavy (non-hydrogen) atoms. The average Bonchev–Trinajstić information content (AvgIpc) is 2.32. The van der Waals surface area contributed by atoms with E-state index in [0.29, 0.717) is 13.4 Å². The van der Waals surface area contributed by atoms with Gasteiger partial charge in [-0.3, -0.25) is 0 Å². The first-order chi connectivity index (χ1) is 8.58. The van der Waals surface area contributed by atoms with Crippen molar-refractivity contribution in [1.82, 2.24) is 0 Å². The summed E-state index contributed by atoms with van der Waals surface area (Å²) in [5.41, 5.74) is 9.56. The molecule has 3 nitrogen and oxygen atoms in total. The second kappa shape index (κ2) is 7.39. The van der Waals surface area contributed by atoms with Crippen molar-refractivity contribution in [3.05, 3.63) is 28.8 Å². The molecule has 1 aromatic carbocycles. The summed E-state index contributed by atoms with van der Waals surface area (Å²) < 4.78 is 10.9. The lowest BCUT2D eigenvalue weighted by atomic mass is 9.99. The fraction of sp³-hybridized carbons (Fsp3) is 0.600. The third-order valence-electron chi connectivity index (χ3n) is 3.03. The minimum absolute atomic E-state index is 0.235. The zero-order chi connectivity index (χ0) is 13.5. The molecular weight excluding hydrogens is 226 g/mol. The number of hydrogen-bond acceptors (Lipinski definition) is 3. The molecule has 1 unspecified atom stereocenters. The molecule has 0 spiro atoms. The second-order valence-electron chi connectivity index (χ2n) is 4.69. The van der Waals surface area contributed by atoms with E-state index in [1.165, 1.54) is 5.56 Å². The molecule has 0 aliphatic heterocycles. The van der Waals surface area contributed by atoms with Crippen LogP contribution in [0.25, 0.3) is 0 Å². The zero-order valence-corrected chi connectivity index (χ0v) is 12.0. The number of nitrogens with two attached hydrogens (primary N) is 1. The van der Waals surface area contributed by atoms with Crippen LogP contribution >= 0.6 is 0 Å². The van der Waals surface area contributed by atoms with E-state index in [9.17, 15) is 0 Å². The second-order valence-corrected chi connectivity index (χ2v) is 4.69. The van der Waals surface area contributed by atoms with Crippen LogP contribution in [0.3, 0.4) is 0 Å². The van der Waals surface area contributed by atoms with Gasteiger partial charge >= 0.3 is 0 Å². The Hall–Kier alpha value is -1.06. The molecule has 1 aromatic rings. The lowest BCUT2D eigenvalue weighted by molar-refractivity contribution is 0.0216. The van der Waals surface area contributed by atoms with Gasteiger partial charge in [-0.25, -0.2) is 0 Å². The van der Waals surface area contributed by atoms with Crippen LogP contribution in [0.1, 0.15) is 37.0 Å². The first-order valence-electron chi connectivity index (χ1n) is 6.64. The van der Waals surface area contributed by atoms with Gasteiger partial charge in [0, 0.05) is 12.6 Å². The molecule has 2 N–H and O–H groups in total. The van der Waals surface area contributed by atoms with Gasteiger partial charge < -0.3 is 15.2 Å². The maximum atomic E-state index is 5.99. The van der Waals surface area contributed by atoms with Crippen molar-refractivity contribution < 1.29 is 9.47 Å². The van der Waals surface area contributed by atoms with Crippen LogP contribution in [0.2, 0.25) is 0 Å². The monoisotopic (exact) mass is 251 g/mol. The number of hydrogen-bond donors (Lipinski definition) is 1. The largest absolute Gasteiger partial charge is 0.467 e. The van der Waals surface area contributed by atoms with E-state index in [1.807, 2.05) is 6.92 Å². The normalized spacial score (nSPS) is 12.5. The molecule has 0 heterocycles. The summed E-state index contributed by atoms with van der Waals surface area (Å²) in [5, 5.41) is 0. The van der Waals surface area contributed by atoms with Crippen LogP contribution in [0, 0.1) is 13.8 Å². The molecule has 0 saturated heterocycles. The van der Waals surface area contributed by atoms with E-state index in [4.69, 9.17) is 15.2 Å². The van der Waals surface area contributed by atoms with Gasteiger partial charge in [0.1, 0.15) is 5.75 Å². The van der Waals surface area contributed by atoms with E-state index in [0.717, 1.165) is 29.7 Å². The van der Waals surface area contributed by atoms with Crippen LogP contribution in [0.15, 0.2) is 12.1 Å². The fourth-order valence-corrected chi connectivity index (χ4v) is 2.02. The minimum atomic E-state index is 0.235. The summed E-state index contributed by atoms with van der Waals surface area (Å²) in [4.78, 5) is 0. The molecule has 0 saturated carbocycles. The van der Waals surface area contributed by atoms with Gasteiger partial charge in [0.25, 0.3) is 0 Å². The molecular formula is C15H25NO2. The van der Waals surface area contributed by atoms with Crippen molar-refractivity contribution in [3.8, 4) is 5.75 Å². The first-order valence-corrected chi connectivity index (χ1v) is 6.64. The third-order valence-corrected chi connectivity index (χ3v) is 3.03. The van der Waals surface area contributed by atoms with Crippen LogP contribution in [-0.4, -0.2) is 19.4 Å². The Kier molecular flexibility index (Phi) is 6.16. The molecule has 1 atom stereocenters. The van der Waals surface area contributed by atoms with Gasteiger partial charge in [0.15, 0.2) is 6.79 Å². The number of rotatable bonds is 7. The summed E-state index contributed by atoms with van der Waals surface area (Å²) in [7, 11) is 0. The molecule has 0 aliphatic carbocycles. The Balaban J connectivity index is 2.77. The van der Waals surface area contributed by atoms with Gasteiger partial charge in [-0.2, -0.15) is 0 Å². The summed E-state index contributed by atoms with van der Waals surface area (Å²) in [6.45, 7) is 9.18. The smallest absolute Gasteiger partial charge is 0.189 e. The Labute approximate surface area is 110 Å². The van der Waals surface area contributed by atoms with Crippen molar-refractivity contribution >= 4 is 0 Å². The fourth-order valence-electron chi connectivity index (χ4n) is 2.02. The molecule has 102 valence electrons. The van der Waals surface area contributed by atoms with E-state index >= 15 is 0 Å². The van der Waals surface area contributed by atoms with Crippen LogP contribution in [0.5, 0.6) is 5.75 Å². The van der Waals surface area contributed by atoms with E-state index in [1.54, 1.807) is 0 Å². The topological polar surface area (TPSA) is 44.5 Å². The Morgan fingerprint density at radius 3 is 2.28 bits per heavy atom. The highest BCUT2D eigenvalue weighted by Crippen LogP contribution is 2.25. The summed E-state index contributed by atoms with van der Waals surface area (Å²) in [5.74, 6) is 0.928. The first kappa shape index (κ1) is 15.0. The Bertz CT molecular complexity index is 354. The van der Waals surface area contributed by atoms with Crippen molar-refractivity contribution in [2.24, 2.45) is 5.73 Å². The lowest BCUT2D eigenvalue weighted by Gasteiger charge is -2.15. The van der Waals surface area contributed by atoms with Gasteiger partial charge in [-0.05, 0) is 50.3 Å². The number of benzene rings is 1. The van der Waals surface area contributed by atoms with Crippen LogP contribution < -0.4 is 10.5 Å². The van der Waals surface area contributed by atoms with Gasteiger partial charge in [0.2, 0.25) is 0 Å². The molecule has 3 heteroatoms. The molecule has 1 rings (SSSR count). The Morgan fingerprint density at radius 1 is 1.17 bits per heavy atom. The van der Waals surface area contributed by atoms with Gasteiger partial charge in [-0.15, -0.1) is 0 Å². The molecule has 0 aliphatic rings. The van der Waals surface area contributed by atoms with Gasteiger partial charge in [-0.1, -0.05) is 19.1 Å². The third kappa shape index (κ3) is 4.31. The SMILES string of the molecule is CCOCOc1c(C)cc(CC(N)CC)cc1C. The standard InChI is InChI=1S/C15H25NO2/c1-5-14(16)9-13-7-11(3)15(12(4)8-13)18-10-17-6-2/h7-8,14H,5-6,9-10,16H2,1-4H3. The summed E-state index contributed by atoms with van der Waals surface area (Å²) in [6, 6.07) is 4.55. The Morgan fingerprint density at radius 2 is 1.78 bits per heavy atom. The van der Waals surface area contributed by atoms with E-state index in [2.05, 4.69) is 32.9 Å². The molecule has 0 aromatic heterocycles. The summed E-state index contributed by atoms with van der Waals surface area (Å²) in [6.07, 6.45) is 1.92. The maximum Gasteiger partial charge on any atom is 0.189 e. The van der Waals surface area contributed by atoms with Crippen molar-refractivity contribution in [2.45, 2.75) is 46.6 Å². The van der Waals surface area contributed by atoms with E-state index < -0.39 is 0 Å². The number of aryl methyl sites for hydroxylation is 2. The minimum Gasteiger partial charge on any atom is -0.467 e. The van der Waals surface area contributed by atoms with Crippen molar-refractivity contribution in [1.29, 1.82) is 0 Å². The predicted molar refractivity (Wildman–Crippen MR) is 75.0 cm³/mol. The molecule has 0 radical (unpaired) electrons. The lowest BCUT2D eigenvalue weighted by Crippen LogP contribution is -2.21. The van der Waals surface area contributed by atoms with E-state index in [-0.39, 0.29) is 6.04 Å². The zero-order valence-electron chi connectivity index (χ0n) is 12.0. The highest BCUT2D eigenvalue weighted by atomic mass is 16.7. The van der Waals surface area contributed by atoms with Gasteiger partial charge in [0.05, 0.1) is 0 Å². The maximum absolute atomic E-state index is 5.99. The molecule has 0 amide bonds.